The second kappa shape index (κ2) is 52.9. The number of aromatic nitrogens is 4. The Hall–Kier alpha value is -13.2. The van der Waals surface area contributed by atoms with E-state index in [1.54, 1.807) is 105 Å². The molecule has 24 N–H and O–H groups in total. The van der Waals surface area contributed by atoms with E-state index in [1.807, 2.05) is 13.8 Å². The van der Waals surface area contributed by atoms with Gasteiger partial charge in [-0.1, -0.05) is 120 Å². The fraction of sp³-hybridized carbons (Fsp3) is 0.517. The number of nitrogens with one attached hydrogen (secondary N) is 16. The van der Waals surface area contributed by atoms with Gasteiger partial charge in [0.1, 0.15) is 84.6 Å². The van der Waals surface area contributed by atoms with Crippen LogP contribution in [-0.2, 0) is 107 Å². The van der Waals surface area contributed by atoms with Crippen molar-refractivity contribution < 1.29 is 91.7 Å². The molecule has 2 fully saturated rings. The number of fused-ring (bicyclic) bond motifs is 3. The Balaban J connectivity index is 0.0000245. The number of primary amides is 2. The number of carbonyl (C=O) groups excluding carboxylic acids is 17. The molecule has 17 amide bonds. The third kappa shape index (κ3) is 31.2. The first-order chi connectivity index (χ1) is 63.4. The maximum absolute atomic E-state index is 15.7. The molecule has 134 heavy (non-hydrogen) atoms. The van der Waals surface area contributed by atoms with E-state index in [0.717, 1.165) is 31.4 Å². The summed E-state index contributed by atoms with van der Waals surface area (Å²) >= 11 is 0.789. The number of amides is 17. The van der Waals surface area contributed by atoms with Crippen LogP contribution < -0.4 is 81.0 Å². The molecule has 0 aliphatic carbocycles. The van der Waals surface area contributed by atoms with Crippen molar-refractivity contribution in [3.63, 3.8) is 0 Å². The first-order valence-electron chi connectivity index (χ1n) is 44.4. The van der Waals surface area contributed by atoms with Crippen LogP contribution in [0.1, 0.15) is 134 Å². The number of benzene rings is 3. The van der Waals surface area contributed by atoms with E-state index in [0.29, 0.717) is 69.9 Å². The SMILES string of the molecule is CCCC[C@H]1C(=O)N(C)[C@@H](CCCC)C(=O)N[C@@H](CCCNC(=N)N)C(=O)N[C@H](C(=O)NCC(N)=O)CSCC(=O)N[C@@H](Cc2ccccc2)C(=O)N(C)[C@@H](C)C(=O)N[C@@H](CC(N)=O)C(=O)N2CCC[C@H]2C(=O)N[C@@H](Cc2cnc[nH]2)C(=O)N[C@@H](CC(C)C)C(=O)N[C@@H](CO)C(=O)N[C@@H](Cc2c[nH]c3ccccc23)C(=O)N[C@@H](CO)C(=O)N[C@@H](Cc2c[nH]c3ccccc23)C(=O)N1C.Cl. The first-order valence-corrected chi connectivity index (χ1v) is 45.6. The fourth-order valence-electron chi connectivity index (χ4n) is 15.7. The van der Waals surface area contributed by atoms with Gasteiger partial charge >= 0.3 is 0 Å². The quantitative estimate of drug-likeness (QED) is 0.0142. The van der Waals surface area contributed by atoms with E-state index in [1.165, 1.54) is 40.6 Å². The van der Waals surface area contributed by atoms with Gasteiger partial charge in [0, 0.05) is 112 Å². The summed E-state index contributed by atoms with van der Waals surface area (Å²) in [6, 6.07) is 0.272. The van der Waals surface area contributed by atoms with Crippen LogP contribution in [0, 0.1) is 11.3 Å². The summed E-state index contributed by atoms with van der Waals surface area (Å²) in [6.45, 7) is 5.35. The number of aromatic amines is 3. The highest BCUT2D eigenvalue weighted by Crippen LogP contribution is 2.26. The lowest BCUT2D eigenvalue weighted by Crippen LogP contribution is -2.62. The average Bonchev–Trinajstić information content (AvgIpc) is 1.05. The number of halogens is 1. The second-order valence-corrected chi connectivity index (χ2v) is 34.7. The smallest absolute Gasteiger partial charge is 0.246 e. The molecule has 2 aliphatic heterocycles. The van der Waals surface area contributed by atoms with Crippen LogP contribution in [0.5, 0.6) is 0 Å². The van der Waals surface area contributed by atoms with Gasteiger partial charge in [0.2, 0.25) is 100 Å². The van der Waals surface area contributed by atoms with Gasteiger partial charge in [-0.25, -0.2) is 4.98 Å². The Morgan fingerprint density at radius 3 is 1.59 bits per heavy atom. The van der Waals surface area contributed by atoms with E-state index in [-0.39, 0.29) is 102 Å². The van der Waals surface area contributed by atoms with Gasteiger partial charge in [0.05, 0.1) is 38.3 Å². The summed E-state index contributed by atoms with van der Waals surface area (Å²) in [5.41, 5.74) is 19.8. The molecular weight excluding hydrogens is 1780 g/mol. The van der Waals surface area contributed by atoms with E-state index < -0.39 is 229 Å². The van der Waals surface area contributed by atoms with Gasteiger partial charge in [-0.05, 0) is 86.6 Å². The van der Waals surface area contributed by atoms with Gasteiger partial charge in [0.25, 0.3) is 0 Å². The van der Waals surface area contributed by atoms with E-state index in [9.17, 15) is 67.7 Å². The van der Waals surface area contributed by atoms with Crippen molar-refractivity contribution in [2.75, 3.05) is 65.5 Å². The number of aliphatic hydroxyl groups excluding tert-OH is 2. The minimum atomic E-state index is -1.91. The highest BCUT2D eigenvalue weighted by atomic mass is 35.5. The largest absolute Gasteiger partial charge is 0.394 e. The zero-order valence-corrected chi connectivity index (χ0v) is 78.0. The number of nitrogens with two attached hydrogens (primary N) is 3. The second-order valence-electron chi connectivity index (χ2n) is 33.6. The molecule has 2 saturated heterocycles. The van der Waals surface area contributed by atoms with Gasteiger partial charge in [-0.2, -0.15) is 0 Å². The topological polar surface area (TPSA) is 650 Å². The summed E-state index contributed by atoms with van der Waals surface area (Å²) < 4.78 is 0. The Kier molecular flexibility index (Phi) is 42.5. The Morgan fingerprint density at radius 2 is 1.02 bits per heavy atom. The lowest BCUT2D eigenvalue weighted by molar-refractivity contribution is -0.149. The molecule has 0 spiro atoms. The van der Waals surface area contributed by atoms with Crippen molar-refractivity contribution in [3.05, 3.63) is 126 Å². The van der Waals surface area contributed by atoms with Crippen molar-refractivity contribution >= 4 is 152 Å². The molecular formula is C89H127ClN24O19S. The molecule has 43 nitrogen and oxygen atoms in total. The molecule has 0 radical (unpaired) electrons. The predicted octanol–water partition coefficient (Wildman–Crippen LogP) is -2.70. The van der Waals surface area contributed by atoms with E-state index >= 15 is 24.0 Å². The number of para-hydroxylation sites is 2. The Labute approximate surface area is 785 Å². The predicted molar refractivity (Wildman–Crippen MR) is 498 cm³/mol. The van der Waals surface area contributed by atoms with E-state index in [2.05, 4.69) is 83.7 Å². The molecule has 0 unspecified atom stereocenters. The third-order valence-corrected chi connectivity index (χ3v) is 24.2. The zero-order valence-electron chi connectivity index (χ0n) is 76.4. The van der Waals surface area contributed by atoms with Gasteiger partial charge in [-0.3, -0.25) is 86.9 Å². The minimum Gasteiger partial charge on any atom is -0.394 e. The normalized spacial score (nSPS) is 23.7. The summed E-state index contributed by atoms with van der Waals surface area (Å²) in [5.74, 6) is -18.1. The number of guanidine groups is 1. The monoisotopic (exact) mass is 1900 g/mol. The van der Waals surface area contributed by atoms with Gasteiger partial charge < -0.3 is 126 Å². The van der Waals surface area contributed by atoms with Crippen LogP contribution in [0.4, 0.5) is 0 Å². The van der Waals surface area contributed by atoms with Crippen LogP contribution >= 0.6 is 24.2 Å². The summed E-state index contributed by atoms with van der Waals surface area (Å²) in [4.78, 5) is 266. The summed E-state index contributed by atoms with van der Waals surface area (Å²) in [7, 11) is 3.93. The molecule has 730 valence electrons. The molecule has 2 aliphatic rings. The highest BCUT2D eigenvalue weighted by Gasteiger charge is 2.44. The summed E-state index contributed by atoms with van der Waals surface area (Å²) in [5, 5.41) is 62.5. The number of likely N-dealkylation sites (N-methyl/N-ethyl adjacent to an activating group) is 3. The number of hydrogen-bond acceptors (Lipinski definition) is 22. The van der Waals surface area contributed by atoms with Crippen LogP contribution in [-0.4, -0.2) is 306 Å². The van der Waals surface area contributed by atoms with Gasteiger partial charge in [-0.15, -0.1) is 24.2 Å². The maximum atomic E-state index is 15.7. The molecule has 14 atom stereocenters. The highest BCUT2D eigenvalue weighted by molar-refractivity contribution is 8.00. The number of aliphatic hydroxyl groups is 2. The molecule has 3 aromatic heterocycles. The number of unbranched alkanes of at least 4 members (excludes halogenated alkanes) is 2. The van der Waals surface area contributed by atoms with Crippen molar-refractivity contribution in [3.8, 4) is 0 Å². The molecule has 5 heterocycles. The molecule has 0 saturated carbocycles. The molecule has 6 aromatic rings. The number of carbonyl (C=O) groups is 17. The number of thioether (sulfide) groups is 1. The molecule has 3 aromatic carbocycles. The third-order valence-electron chi connectivity index (χ3n) is 23.2. The lowest BCUT2D eigenvalue weighted by atomic mass is 10.00. The number of imidazole rings is 1. The molecule has 8 rings (SSSR count). The Morgan fingerprint density at radius 1 is 0.522 bits per heavy atom. The number of H-pyrrole nitrogens is 3. The Bertz CT molecular complexity index is 5080. The number of hydrogen-bond donors (Lipinski definition) is 21. The van der Waals surface area contributed by atoms with E-state index in [4.69, 9.17) is 22.6 Å². The molecule has 0 bridgehead atoms. The average molecular weight is 1900 g/mol. The summed E-state index contributed by atoms with van der Waals surface area (Å²) in [6.07, 6.45) is 5.47. The van der Waals surface area contributed by atoms with Crippen LogP contribution in [0.15, 0.2) is 104 Å². The van der Waals surface area contributed by atoms with Crippen molar-refractivity contribution in [2.24, 2.45) is 23.1 Å². The van der Waals surface area contributed by atoms with Crippen LogP contribution in [0.3, 0.4) is 0 Å². The van der Waals surface area contributed by atoms with Crippen molar-refractivity contribution in [1.29, 1.82) is 5.41 Å². The van der Waals surface area contributed by atoms with Crippen molar-refractivity contribution in [1.82, 2.24) is 103 Å². The van der Waals surface area contributed by atoms with Crippen LogP contribution in [0.25, 0.3) is 21.8 Å². The first kappa shape index (κ1) is 108. The standard InChI is InChI=1S/C89H126N24O19S.ClH/c1-9-11-29-69-83(127)101-59(28-20-32-95-89(92)93)77(121)109-68(76(120)98-43-73(91)117)46-133-47-74(118)100-63(35-51-22-14-13-15-23-51)85(129)110(6)50(5)75(119)105-65(39-72(90)116)87(131)113-33-21-31-70(113)84(128)104-62(38-54-42-94-48-99-54)80(124)102-60(34-49(3)4)78(122)107-66(44-114)81(125)103-61(36-52-40-96-57-26-18-16-24-55(52)57)79(123)108-67(45-115)82(126)106-64(37-53-41-97-58-27-19-17-25-56(53)58)86(130)112(8)71(30-12-10-2)88(132)111(69)7;/h13-19,22-27,40-42,48-50,59-71,96-97,114-115H,9-12,20-21,28-39,43-47H2,1-8H3,(H2,90,116)(H2,91,117)(H,94,99)(H,98,120)(H,100,118)(H,101,127)(H,102,124)(H,103,125)(H,104,128)(H,105,119)(H,106,126)(H,107,122)(H,108,123)(H,109,121)(H4,92,93,95);1H/t50-,59-,60-,61-,62-,63-,64-,65-,66-,67-,68-,69-,70-,71-;/m0./s1. The van der Waals surface area contributed by atoms with Crippen LogP contribution in [0.2, 0.25) is 0 Å². The zero-order chi connectivity index (χ0) is 97.3. The number of rotatable bonds is 27. The van der Waals surface area contributed by atoms with Crippen molar-refractivity contribution in [2.45, 2.75) is 222 Å². The molecule has 45 heteroatoms. The fourth-order valence-corrected chi connectivity index (χ4v) is 16.6. The maximum Gasteiger partial charge on any atom is 0.246 e. The minimum absolute atomic E-state index is 0. The lowest BCUT2D eigenvalue weighted by Gasteiger charge is -2.36. The van der Waals surface area contributed by atoms with Gasteiger partial charge in [0.15, 0.2) is 5.96 Å². The number of nitrogens with zero attached hydrogens (tertiary/aromatic N) is 5.